The molecule has 4 aliphatic heterocycles. The van der Waals surface area contributed by atoms with Crippen LogP contribution < -0.4 is 5.32 Å². The van der Waals surface area contributed by atoms with Crippen molar-refractivity contribution in [1.29, 1.82) is 0 Å². The molecule has 0 saturated carbocycles. The predicted molar refractivity (Wildman–Crippen MR) is 189 cm³/mol. The molecule has 1 N–H and O–H groups in total. The number of piperidine rings is 2. The Morgan fingerprint density at radius 3 is 2.27 bits per heavy atom. The van der Waals surface area contributed by atoms with E-state index in [1.54, 1.807) is 17.0 Å². The highest BCUT2D eigenvalue weighted by molar-refractivity contribution is 6.36. The number of nitrogens with one attached hydrogen (secondary N) is 1. The minimum atomic E-state index is -0.997. The van der Waals surface area contributed by atoms with Crippen molar-refractivity contribution in [3.8, 4) is 0 Å². The first kappa shape index (κ1) is 34.8. The van der Waals surface area contributed by atoms with Gasteiger partial charge in [-0.05, 0) is 100 Å². The van der Waals surface area contributed by atoms with Crippen molar-refractivity contribution in [2.45, 2.75) is 70.1 Å². The first-order valence-electron chi connectivity index (χ1n) is 17.4. The van der Waals surface area contributed by atoms with Crippen LogP contribution in [0.25, 0.3) is 0 Å². The Labute approximate surface area is 294 Å². The van der Waals surface area contributed by atoms with Crippen LogP contribution in [0.15, 0.2) is 36.4 Å². The number of para-hydroxylation sites is 1. The fourth-order valence-corrected chi connectivity index (χ4v) is 8.12. The average molecular weight is 700 g/mol. The number of urea groups is 1. The van der Waals surface area contributed by atoms with Gasteiger partial charge in [0.25, 0.3) is 5.91 Å². The first-order chi connectivity index (χ1) is 23.2. The molecule has 0 bridgehead atoms. The molecule has 10 nitrogen and oxygen atoms in total. The van der Waals surface area contributed by atoms with E-state index < -0.39 is 12.2 Å². The maximum absolute atomic E-state index is 14.1. The minimum absolute atomic E-state index is 0.0172. The second-order valence-electron chi connectivity index (χ2n) is 13.8. The summed E-state index contributed by atoms with van der Waals surface area (Å²) in [5.41, 5.74) is 3.50. The van der Waals surface area contributed by atoms with E-state index >= 15 is 0 Å². The fourth-order valence-electron chi connectivity index (χ4n) is 7.59. The van der Waals surface area contributed by atoms with E-state index in [0.717, 1.165) is 74.2 Å². The largest absolute Gasteiger partial charge is 0.436 e. The topological polar surface area (TPSA) is 88.7 Å². The zero-order chi connectivity index (χ0) is 33.8. The van der Waals surface area contributed by atoms with Crippen molar-refractivity contribution in [2.75, 3.05) is 71.3 Å². The summed E-state index contributed by atoms with van der Waals surface area (Å²) >= 11 is 12.9. The van der Waals surface area contributed by atoms with E-state index in [9.17, 15) is 14.4 Å². The molecule has 0 aromatic heterocycles. The maximum atomic E-state index is 14.1. The van der Waals surface area contributed by atoms with Crippen molar-refractivity contribution in [1.82, 2.24) is 24.5 Å². The lowest BCUT2D eigenvalue weighted by molar-refractivity contribution is -0.142. The normalized spacial score (nSPS) is 21.2. The van der Waals surface area contributed by atoms with Crippen molar-refractivity contribution >= 4 is 46.9 Å². The summed E-state index contributed by atoms with van der Waals surface area (Å²) < 4.78 is 6.06. The quantitative estimate of drug-likeness (QED) is 0.427. The van der Waals surface area contributed by atoms with E-state index in [2.05, 4.69) is 22.2 Å². The monoisotopic (exact) mass is 698 g/mol. The van der Waals surface area contributed by atoms with E-state index in [1.165, 1.54) is 0 Å². The minimum Gasteiger partial charge on any atom is -0.436 e. The SMILES string of the molecule is Cc1c(Cl)cc(C[C@@H](OC(=O)N2CCC(N3CCc4ccccc4NC3=O)CC2)C(=O)N2CCC(N3CCCN(C)CC3)CC2)cc1Cl. The van der Waals surface area contributed by atoms with Crippen molar-refractivity contribution in [3.63, 3.8) is 0 Å². The lowest BCUT2D eigenvalue weighted by Crippen LogP contribution is -2.52. The Bertz CT molecular complexity index is 1450. The van der Waals surface area contributed by atoms with Crippen LogP contribution in [0, 0.1) is 6.92 Å². The van der Waals surface area contributed by atoms with Gasteiger partial charge < -0.3 is 29.7 Å². The van der Waals surface area contributed by atoms with Gasteiger partial charge in [0.1, 0.15) is 0 Å². The first-order valence-corrected chi connectivity index (χ1v) is 18.2. The van der Waals surface area contributed by atoms with Crippen LogP contribution in [0.3, 0.4) is 0 Å². The molecule has 12 heteroatoms. The van der Waals surface area contributed by atoms with Gasteiger partial charge in [-0.2, -0.15) is 0 Å². The number of amides is 4. The molecular weight excluding hydrogens is 651 g/mol. The Kier molecular flexibility index (Phi) is 11.4. The van der Waals surface area contributed by atoms with Gasteiger partial charge in [0, 0.05) is 80.1 Å². The van der Waals surface area contributed by atoms with Crippen LogP contribution >= 0.6 is 23.2 Å². The number of hydrogen-bond donors (Lipinski definition) is 1. The fraction of sp³-hybridized carbons (Fsp3) is 0.583. The van der Waals surface area contributed by atoms with Crippen LogP contribution in [0.1, 0.15) is 48.8 Å². The number of rotatable bonds is 6. The number of hydrogen-bond acceptors (Lipinski definition) is 6. The summed E-state index contributed by atoms with van der Waals surface area (Å²) in [5.74, 6) is -0.180. The van der Waals surface area contributed by atoms with Gasteiger partial charge in [-0.1, -0.05) is 41.4 Å². The zero-order valence-corrected chi connectivity index (χ0v) is 29.6. The number of likely N-dealkylation sites (tertiary alicyclic amines) is 2. The van der Waals surface area contributed by atoms with E-state index in [1.807, 2.05) is 41.0 Å². The van der Waals surface area contributed by atoms with Crippen LogP contribution in [0.5, 0.6) is 0 Å². The second kappa shape index (κ2) is 15.7. The van der Waals surface area contributed by atoms with Crippen LogP contribution in [0.4, 0.5) is 15.3 Å². The summed E-state index contributed by atoms with van der Waals surface area (Å²) in [7, 11) is 2.18. The number of carbonyl (C=O) groups excluding carboxylic acids is 3. The average Bonchev–Trinajstić information content (AvgIpc) is 3.41. The molecule has 0 spiro atoms. The summed E-state index contributed by atoms with van der Waals surface area (Å²) in [6, 6.07) is 11.9. The zero-order valence-electron chi connectivity index (χ0n) is 28.1. The molecule has 3 fully saturated rings. The lowest BCUT2D eigenvalue weighted by atomic mass is 10.0. The predicted octanol–water partition coefficient (Wildman–Crippen LogP) is 5.53. The van der Waals surface area contributed by atoms with Crippen molar-refractivity contribution in [3.05, 3.63) is 63.1 Å². The number of benzene rings is 2. The molecule has 2 aromatic rings. The number of likely N-dealkylation sites (N-methyl/N-ethyl adjacent to an activating group) is 1. The highest BCUT2D eigenvalue weighted by atomic mass is 35.5. The second-order valence-corrected chi connectivity index (χ2v) is 14.6. The molecule has 1 atom stereocenters. The van der Waals surface area contributed by atoms with Crippen LogP contribution in [-0.2, 0) is 22.4 Å². The highest BCUT2D eigenvalue weighted by Gasteiger charge is 2.36. The van der Waals surface area contributed by atoms with Gasteiger partial charge in [-0.25, -0.2) is 9.59 Å². The summed E-state index contributed by atoms with van der Waals surface area (Å²) in [4.78, 5) is 51.1. The molecule has 2 aromatic carbocycles. The smallest absolute Gasteiger partial charge is 0.410 e. The van der Waals surface area contributed by atoms with Crippen LogP contribution in [-0.4, -0.2) is 127 Å². The summed E-state index contributed by atoms with van der Waals surface area (Å²) in [6.45, 7) is 8.95. The molecule has 3 saturated heterocycles. The number of nitrogens with zero attached hydrogens (tertiary/aromatic N) is 5. The third-order valence-electron chi connectivity index (χ3n) is 10.6. The molecule has 0 unspecified atom stereocenters. The molecule has 48 heavy (non-hydrogen) atoms. The third-order valence-corrected chi connectivity index (χ3v) is 11.4. The number of fused-ring (bicyclic) bond motifs is 1. The molecule has 4 heterocycles. The Morgan fingerprint density at radius 1 is 0.875 bits per heavy atom. The molecule has 4 aliphatic rings. The number of ether oxygens (including phenoxy) is 1. The number of carbonyl (C=O) groups is 3. The number of halogens is 2. The van der Waals surface area contributed by atoms with Crippen molar-refractivity contribution < 1.29 is 19.1 Å². The van der Waals surface area contributed by atoms with Crippen molar-refractivity contribution in [2.24, 2.45) is 0 Å². The highest BCUT2D eigenvalue weighted by Crippen LogP contribution is 2.29. The van der Waals surface area contributed by atoms with Crippen LogP contribution in [0.2, 0.25) is 10.0 Å². The lowest BCUT2D eigenvalue weighted by Gasteiger charge is -2.40. The number of anilines is 1. The molecule has 260 valence electrons. The maximum Gasteiger partial charge on any atom is 0.410 e. The van der Waals surface area contributed by atoms with Gasteiger partial charge in [-0.15, -0.1) is 0 Å². The Morgan fingerprint density at radius 2 is 1.54 bits per heavy atom. The van der Waals surface area contributed by atoms with E-state index in [-0.39, 0.29) is 24.4 Å². The Balaban J connectivity index is 1.08. The van der Waals surface area contributed by atoms with E-state index in [0.29, 0.717) is 61.7 Å². The molecule has 0 radical (unpaired) electrons. The van der Waals surface area contributed by atoms with Gasteiger partial charge in [-0.3, -0.25) is 9.69 Å². The van der Waals surface area contributed by atoms with E-state index in [4.69, 9.17) is 27.9 Å². The Hall–Kier alpha value is -3.05. The third kappa shape index (κ3) is 8.21. The van der Waals surface area contributed by atoms with Gasteiger partial charge >= 0.3 is 12.1 Å². The molecule has 0 aliphatic carbocycles. The molecule has 4 amide bonds. The summed E-state index contributed by atoms with van der Waals surface area (Å²) in [5, 5.41) is 4.08. The van der Waals surface area contributed by atoms with Gasteiger partial charge in [0.15, 0.2) is 6.10 Å². The molecular formula is C36H48Cl2N6O4. The standard InChI is InChI=1S/C36H48Cl2N6O4/c1-25-30(37)22-26(23-31(25)38)24-33(34(45)42-15-9-28(10-16-42)41-14-5-13-40(2)20-21-41)48-36(47)43-17-11-29(12-18-43)44-19-8-27-6-3-4-7-32(27)39-35(44)46/h3-4,6-7,22-23,28-29,33H,5,8-21,24H2,1-2H3,(H,39,46)/t33-/m1/s1. The molecule has 6 rings (SSSR count). The van der Waals surface area contributed by atoms with Gasteiger partial charge in [0.2, 0.25) is 0 Å². The van der Waals surface area contributed by atoms with Gasteiger partial charge in [0.05, 0.1) is 0 Å². The summed E-state index contributed by atoms with van der Waals surface area (Å²) in [6.07, 6.45) is 3.71.